The molecule has 0 fully saturated rings. The molecule has 1 aromatic rings. The molecule has 6 heteroatoms. The first-order valence-corrected chi connectivity index (χ1v) is 6.67. The zero-order valence-electron chi connectivity index (χ0n) is 11.2. The molecule has 0 heterocycles. The number of hydrogen-bond acceptors (Lipinski definition) is 4. The predicted octanol–water partition coefficient (Wildman–Crippen LogP) is 2.16. The SMILES string of the molecule is CCc1c(C(CN)C(=O)O)cc(OC)c(OC)c1Br. The number of carboxylic acids is 1. The lowest BCUT2D eigenvalue weighted by Crippen LogP contribution is -2.22. The van der Waals surface area contributed by atoms with Crippen LogP contribution in [0.2, 0.25) is 0 Å². The summed E-state index contributed by atoms with van der Waals surface area (Å²) in [4.78, 5) is 11.3. The molecule has 0 aliphatic heterocycles. The highest BCUT2D eigenvalue weighted by Crippen LogP contribution is 2.42. The second-order valence-corrected chi connectivity index (χ2v) is 4.77. The monoisotopic (exact) mass is 331 g/mol. The summed E-state index contributed by atoms with van der Waals surface area (Å²) >= 11 is 3.45. The topological polar surface area (TPSA) is 81.8 Å². The summed E-state index contributed by atoms with van der Waals surface area (Å²) in [7, 11) is 3.05. The van der Waals surface area contributed by atoms with Crippen molar-refractivity contribution in [2.24, 2.45) is 5.73 Å². The third-order valence-electron chi connectivity index (χ3n) is 3.01. The van der Waals surface area contributed by atoms with Gasteiger partial charge in [0.15, 0.2) is 11.5 Å². The molecule has 5 nitrogen and oxygen atoms in total. The van der Waals surface area contributed by atoms with Crippen LogP contribution >= 0.6 is 15.9 Å². The van der Waals surface area contributed by atoms with Crippen molar-refractivity contribution in [1.82, 2.24) is 0 Å². The molecule has 106 valence electrons. The van der Waals surface area contributed by atoms with E-state index in [2.05, 4.69) is 15.9 Å². The minimum absolute atomic E-state index is 0.0320. The van der Waals surface area contributed by atoms with E-state index in [1.54, 1.807) is 13.2 Å². The first-order valence-electron chi connectivity index (χ1n) is 5.87. The molecule has 19 heavy (non-hydrogen) atoms. The number of ether oxygens (including phenoxy) is 2. The second-order valence-electron chi connectivity index (χ2n) is 3.97. The van der Waals surface area contributed by atoms with Gasteiger partial charge in [0.05, 0.1) is 24.6 Å². The van der Waals surface area contributed by atoms with E-state index in [4.69, 9.17) is 15.2 Å². The molecule has 1 unspecified atom stereocenters. The Kier molecular flexibility index (Phi) is 5.62. The van der Waals surface area contributed by atoms with Crippen molar-refractivity contribution in [1.29, 1.82) is 0 Å². The first-order chi connectivity index (χ1) is 9.01. The molecule has 0 aromatic heterocycles. The Balaban J connectivity index is 3.54. The quantitative estimate of drug-likeness (QED) is 0.834. The van der Waals surface area contributed by atoms with Gasteiger partial charge < -0.3 is 20.3 Å². The Morgan fingerprint density at radius 3 is 2.47 bits per heavy atom. The zero-order chi connectivity index (χ0) is 14.6. The fourth-order valence-electron chi connectivity index (χ4n) is 2.04. The minimum Gasteiger partial charge on any atom is -0.493 e. The summed E-state index contributed by atoms with van der Waals surface area (Å²) in [6, 6.07) is 1.69. The number of nitrogens with two attached hydrogens (primary N) is 1. The number of methoxy groups -OCH3 is 2. The molecule has 0 aliphatic carbocycles. The molecule has 1 rings (SSSR count). The Labute approximate surface area is 120 Å². The van der Waals surface area contributed by atoms with Gasteiger partial charge in [-0.25, -0.2) is 0 Å². The van der Waals surface area contributed by atoms with Crippen molar-refractivity contribution in [3.05, 3.63) is 21.7 Å². The number of rotatable bonds is 6. The van der Waals surface area contributed by atoms with E-state index in [-0.39, 0.29) is 6.54 Å². The lowest BCUT2D eigenvalue weighted by Gasteiger charge is -2.20. The fourth-order valence-corrected chi connectivity index (χ4v) is 2.91. The highest BCUT2D eigenvalue weighted by atomic mass is 79.9. The van der Waals surface area contributed by atoms with Crippen LogP contribution in [0.25, 0.3) is 0 Å². The number of carbonyl (C=O) groups is 1. The van der Waals surface area contributed by atoms with E-state index in [0.717, 1.165) is 5.56 Å². The standard InChI is InChI=1S/C13H18BrNO4/c1-4-7-8(9(6-15)13(16)17)5-10(18-2)12(19-3)11(7)14/h5,9H,4,6,15H2,1-3H3,(H,16,17). The summed E-state index contributed by atoms with van der Waals surface area (Å²) in [5.41, 5.74) is 7.10. The maximum Gasteiger partial charge on any atom is 0.312 e. The molecule has 0 spiro atoms. The van der Waals surface area contributed by atoms with Gasteiger partial charge in [0.25, 0.3) is 0 Å². The van der Waals surface area contributed by atoms with Crippen LogP contribution < -0.4 is 15.2 Å². The number of carboxylic acid groups (broad SMARTS) is 1. The second kappa shape index (κ2) is 6.77. The van der Waals surface area contributed by atoms with Gasteiger partial charge in [-0.3, -0.25) is 4.79 Å². The van der Waals surface area contributed by atoms with E-state index >= 15 is 0 Å². The summed E-state index contributed by atoms with van der Waals surface area (Å²) in [6.07, 6.45) is 0.667. The van der Waals surface area contributed by atoms with Gasteiger partial charge in [-0.2, -0.15) is 0 Å². The predicted molar refractivity (Wildman–Crippen MR) is 76.1 cm³/mol. The van der Waals surface area contributed by atoms with Crippen LogP contribution in [0.3, 0.4) is 0 Å². The molecule has 1 aromatic carbocycles. The molecule has 0 bridgehead atoms. The van der Waals surface area contributed by atoms with Gasteiger partial charge in [-0.15, -0.1) is 0 Å². The minimum atomic E-state index is -0.948. The highest BCUT2D eigenvalue weighted by molar-refractivity contribution is 9.10. The van der Waals surface area contributed by atoms with Crippen molar-refractivity contribution < 1.29 is 19.4 Å². The van der Waals surface area contributed by atoms with E-state index in [1.165, 1.54) is 7.11 Å². The van der Waals surface area contributed by atoms with Crippen molar-refractivity contribution in [2.75, 3.05) is 20.8 Å². The summed E-state index contributed by atoms with van der Waals surface area (Å²) in [5, 5.41) is 9.26. The molecule has 0 saturated carbocycles. The van der Waals surface area contributed by atoms with E-state index < -0.39 is 11.9 Å². The van der Waals surface area contributed by atoms with Crippen LogP contribution in [0.15, 0.2) is 10.5 Å². The molecular weight excluding hydrogens is 314 g/mol. The third-order valence-corrected chi connectivity index (χ3v) is 3.85. The number of aliphatic carboxylic acids is 1. The van der Waals surface area contributed by atoms with Crippen molar-refractivity contribution in [2.45, 2.75) is 19.3 Å². The lowest BCUT2D eigenvalue weighted by molar-refractivity contribution is -0.138. The van der Waals surface area contributed by atoms with Crippen LogP contribution in [0.1, 0.15) is 24.0 Å². The Bertz CT molecular complexity index is 476. The Morgan fingerprint density at radius 2 is 2.11 bits per heavy atom. The van der Waals surface area contributed by atoms with Crippen LogP contribution in [-0.2, 0) is 11.2 Å². The number of halogens is 1. The molecule has 3 N–H and O–H groups in total. The molecular formula is C13H18BrNO4. The van der Waals surface area contributed by atoms with E-state index in [0.29, 0.717) is 28.0 Å². The number of hydrogen-bond donors (Lipinski definition) is 2. The average molecular weight is 332 g/mol. The first kappa shape index (κ1) is 15.8. The van der Waals surface area contributed by atoms with Crippen molar-refractivity contribution >= 4 is 21.9 Å². The van der Waals surface area contributed by atoms with Gasteiger partial charge >= 0.3 is 5.97 Å². The maximum atomic E-state index is 11.3. The molecule has 0 amide bonds. The largest absolute Gasteiger partial charge is 0.493 e. The smallest absolute Gasteiger partial charge is 0.312 e. The highest BCUT2D eigenvalue weighted by Gasteiger charge is 2.25. The zero-order valence-corrected chi connectivity index (χ0v) is 12.8. The molecule has 0 radical (unpaired) electrons. The lowest BCUT2D eigenvalue weighted by atomic mass is 9.92. The molecule has 0 saturated heterocycles. The number of benzene rings is 1. The maximum absolute atomic E-state index is 11.3. The van der Waals surface area contributed by atoms with Gasteiger partial charge in [-0.05, 0) is 39.5 Å². The molecule has 1 atom stereocenters. The van der Waals surface area contributed by atoms with Crippen LogP contribution in [0, 0.1) is 0 Å². The fraction of sp³-hybridized carbons (Fsp3) is 0.462. The Morgan fingerprint density at radius 1 is 1.47 bits per heavy atom. The van der Waals surface area contributed by atoms with Crippen molar-refractivity contribution in [3.8, 4) is 11.5 Å². The third kappa shape index (κ3) is 3.01. The normalized spacial score (nSPS) is 12.1. The van der Waals surface area contributed by atoms with E-state index in [9.17, 15) is 9.90 Å². The average Bonchev–Trinajstić information content (AvgIpc) is 2.38. The Hall–Kier alpha value is -1.27. The van der Waals surface area contributed by atoms with E-state index in [1.807, 2.05) is 6.92 Å². The van der Waals surface area contributed by atoms with Gasteiger partial charge in [-0.1, -0.05) is 6.92 Å². The van der Waals surface area contributed by atoms with Crippen LogP contribution in [0.5, 0.6) is 11.5 Å². The molecule has 0 aliphatic rings. The van der Waals surface area contributed by atoms with Gasteiger partial charge in [0, 0.05) is 6.54 Å². The summed E-state index contributed by atoms with van der Waals surface area (Å²) in [5.74, 6) is -0.659. The van der Waals surface area contributed by atoms with Crippen LogP contribution in [-0.4, -0.2) is 31.8 Å². The van der Waals surface area contributed by atoms with Crippen LogP contribution in [0.4, 0.5) is 0 Å². The summed E-state index contributed by atoms with van der Waals surface area (Å²) < 4.78 is 11.2. The summed E-state index contributed by atoms with van der Waals surface area (Å²) in [6.45, 7) is 1.98. The van der Waals surface area contributed by atoms with Gasteiger partial charge in [0.1, 0.15) is 0 Å². The van der Waals surface area contributed by atoms with Gasteiger partial charge in [0.2, 0.25) is 0 Å². The van der Waals surface area contributed by atoms with Crippen molar-refractivity contribution in [3.63, 3.8) is 0 Å².